The molecule has 1 heterocycles. The molecule has 17 heavy (non-hydrogen) atoms. The first-order valence-corrected chi connectivity index (χ1v) is 6.87. The highest BCUT2D eigenvalue weighted by Crippen LogP contribution is 2.07. The highest BCUT2D eigenvalue weighted by atomic mass is 16.5. The molecule has 0 aromatic rings. The van der Waals surface area contributed by atoms with Gasteiger partial charge >= 0.3 is 0 Å². The average Bonchev–Trinajstić information content (AvgIpc) is 2.33. The maximum atomic E-state index is 5.56. The van der Waals surface area contributed by atoms with Gasteiger partial charge < -0.3 is 14.8 Å². The van der Waals surface area contributed by atoms with Crippen molar-refractivity contribution in [3.8, 4) is 0 Å². The lowest BCUT2D eigenvalue weighted by Gasteiger charge is -2.36. The number of ether oxygens (including phenoxy) is 2. The smallest absolute Gasteiger partial charge is 0.0634 e. The minimum Gasteiger partial charge on any atom is -0.382 e. The van der Waals surface area contributed by atoms with Gasteiger partial charge in [-0.1, -0.05) is 13.8 Å². The third kappa shape index (κ3) is 6.36. The monoisotopic (exact) mass is 244 g/mol. The van der Waals surface area contributed by atoms with Gasteiger partial charge in [-0.25, -0.2) is 0 Å². The summed E-state index contributed by atoms with van der Waals surface area (Å²) >= 11 is 0. The standard InChI is InChI=1S/C13H28N2O2/c1-4-16-8-5-6-15-7-9-17-11-13(15)10-14-12(2)3/h12-14H,4-11H2,1-3H3. The number of morpholine rings is 1. The lowest BCUT2D eigenvalue weighted by atomic mass is 10.2. The molecule has 1 aliphatic heterocycles. The predicted molar refractivity (Wildman–Crippen MR) is 70.4 cm³/mol. The van der Waals surface area contributed by atoms with Gasteiger partial charge in [-0.2, -0.15) is 0 Å². The van der Waals surface area contributed by atoms with E-state index in [1.165, 1.54) is 0 Å². The van der Waals surface area contributed by atoms with Crippen molar-refractivity contribution < 1.29 is 9.47 Å². The van der Waals surface area contributed by atoms with Gasteiger partial charge in [0.15, 0.2) is 0 Å². The Morgan fingerprint density at radius 1 is 1.47 bits per heavy atom. The Kier molecular flexibility index (Phi) is 7.77. The highest BCUT2D eigenvalue weighted by molar-refractivity contribution is 4.78. The van der Waals surface area contributed by atoms with Crippen molar-refractivity contribution in [2.75, 3.05) is 46.1 Å². The van der Waals surface area contributed by atoms with Crippen molar-refractivity contribution in [2.45, 2.75) is 39.3 Å². The molecule has 1 N–H and O–H groups in total. The van der Waals surface area contributed by atoms with Crippen molar-refractivity contribution in [1.29, 1.82) is 0 Å². The SMILES string of the molecule is CCOCCCN1CCOCC1CNC(C)C. The van der Waals surface area contributed by atoms with Crippen molar-refractivity contribution in [2.24, 2.45) is 0 Å². The summed E-state index contributed by atoms with van der Waals surface area (Å²) in [7, 11) is 0. The van der Waals surface area contributed by atoms with Gasteiger partial charge in [0.1, 0.15) is 0 Å². The summed E-state index contributed by atoms with van der Waals surface area (Å²) in [6.07, 6.45) is 1.12. The number of nitrogens with one attached hydrogen (secondary N) is 1. The predicted octanol–water partition coefficient (Wildman–Crippen LogP) is 1.11. The van der Waals surface area contributed by atoms with Crippen LogP contribution in [0.15, 0.2) is 0 Å². The van der Waals surface area contributed by atoms with E-state index in [1.807, 2.05) is 6.92 Å². The Morgan fingerprint density at radius 3 is 3.00 bits per heavy atom. The van der Waals surface area contributed by atoms with Gasteiger partial charge in [-0.3, -0.25) is 4.90 Å². The summed E-state index contributed by atoms with van der Waals surface area (Å²) in [5.74, 6) is 0. The first-order chi connectivity index (χ1) is 8.24. The van der Waals surface area contributed by atoms with Crippen LogP contribution in [0.4, 0.5) is 0 Å². The zero-order chi connectivity index (χ0) is 12.5. The van der Waals surface area contributed by atoms with Crippen LogP contribution in [0.2, 0.25) is 0 Å². The van der Waals surface area contributed by atoms with E-state index in [-0.39, 0.29) is 0 Å². The Morgan fingerprint density at radius 2 is 2.29 bits per heavy atom. The number of nitrogens with zero attached hydrogens (tertiary/aromatic N) is 1. The van der Waals surface area contributed by atoms with Gasteiger partial charge in [-0.05, 0) is 13.3 Å². The lowest BCUT2D eigenvalue weighted by molar-refractivity contribution is -0.0110. The Labute approximate surface area is 106 Å². The summed E-state index contributed by atoms with van der Waals surface area (Å²) in [6, 6.07) is 1.06. The quantitative estimate of drug-likeness (QED) is 0.649. The van der Waals surface area contributed by atoms with Gasteiger partial charge in [0.2, 0.25) is 0 Å². The summed E-state index contributed by atoms with van der Waals surface area (Å²) < 4.78 is 10.9. The van der Waals surface area contributed by atoms with Crippen LogP contribution in [-0.4, -0.2) is 63.0 Å². The number of hydrogen-bond donors (Lipinski definition) is 1. The van der Waals surface area contributed by atoms with Crippen LogP contribution in [0, 0.1) is 0 Å². The Balaban J connectivity index is 2.22. The molecule has 0 spiro atoms. The molecule has 0 aromatic carbocycles. The fourth-order valence-corrected chi connectivity index (χ4v) is 2.06. The molecule has 0 radical (unpaired) electrons. The highest BCUT2D eigenvalue weighted by Gasteiger charge is 2.22. The molecule has 0 amide bonds. The maximum absolute atomic E-state index is 5.56. The molecule has 1 rings (SSSR count). The topological polar surface area (TPSA) is 33.7 Å². The fourth-order valence-electron chi connectivity index (χ4n) is 2.06. The summed E-state index contributed by atoms with van der Waals surface area (Å²) in [5.41, 5.74) is 0. The van der Waals surface area contributed by atoms with E-state index < -0.39 is 0 Å². The lowest BCUT2D eigenvalue weighted by Crippen LogP contribution is -2.51. The minimum atomic E-state index is 0.521. The summed E-state index contributed by atoms with van der Waals surface area (Å²) in [5, 5.41) is 3.49. The van der Waals surface area contributed by atoms with Gasteiger partial charge in [0.25, 0.3) is 0 Å². The van der Waals surface area contributed by atoms with E-state index in [0.717, 1.165) is 52.5 Å². The first kappa shape index (κ1) is 14.9. The second-order valence-corrected chi connectivity index (χ2v) is 4.88. The van der Waals surface area contributed by atoms with E-state index in [9.17, 15) is 0 Å². The molecule has 4 nitrogen and oxygen atoms in total. The third-order valence-electron chi connectivity index (χ3n) is 3.05. The van der Waals surface area contributed by atoms with Crippen LogP contribution in [0.3, 0.4) is 0 Å². The van der Waals surface area contributed by atoms with Crippen molar-refractivity contribution in [3.63, 3.8) is 0 Å². The van der Waals surface area contributed by atoms with E-state index in [1.54, 1.807) is 0 Å². The number of hydrogen-bond acceptors (Lipinski definition) is 4. The Bertz CT molecular complexity index is 188. The molecule has 1 unspecified atom stereocenters. The van der Waals surface area contributed by atoms with Gasteiger partial charge in [-0.15, -0.1) is 0 Å². The van der Waals surface area contributed by atoms with Crippen molar-refractivity contribution in [3.05, 3.63) is 0 Å². The zero-order valence-electron chi connectivity index (χ0n) is 11.6. The molecule has 1 fully saturated rings. The molecular formula is C13H28N2O2. The second-order valence-electron chi connectivity index (χ2n) is 4.88. The van der Waals surface area contributed by atoms with Crippen molar-refractivity contribution >= 4 is 0 Å². The van der Waals surface area contributed by atoms with Crippen LogP contribution < -0.4 is 5.32 Å². The molecule has 1 atom stereocenters. The average molecular weight is 244 g/mol. The second kappa shape index (κ2) is 8.86. The minimum absolute atomic E-state index is 0.521. The van der Waals surface area contributed by atoms with Crippen LogP contribution in [-0.2, 0) is 9.47 Å². The molecular weight excluding hydrogens is 216 g/mol. The molecule has 1 aliphatic rings. The summed E-state index contributed by atoms with van der Waals surface area (Å²) in [6.45, 7) is 13.0. The number of rotatable bonds is 8. The molecule has 0 aliphatic carbocycles. The van der Waals surface area contributed by atoms with Gasteiger partial charge in [0, 0.05) is 44.9 Å². The van der Waals surface area contributed by atoms with E-state index in [4.69, 9.17) is 9.47 Å². The molecule has 102 valence electrons. The summed E-state index contributed by atoms with van der Waals surface area (Å²) in [4.78, 5) is 2.53. The molecule has 4 heteroatoms. The fraction of sp³-hybridized carbons (Fsp3) is 1.00. The van der Waals surface area contributed by atoms with Crippen molar-refractivity contribution in [1.82, 2.24) is 10.2 Å². The van der Waals surface area contributed by atoms with E-state index in [2.05, 4.69) is 24.1 Å². The van der Waals surface area contributed by atoms with Crippen LogP contribution >= 0.6 is 0 Å². The van der Waals surface area contributed by atoms with E-state index >= 15 is 0 Å². The molecule has 0 aromatic heterocycles. The van der Waals surface area contributed by atoms with Crippen LogP contribution in [0.5, 0.6) is 0 Å². The van der Waals surface area contributed by atoms with Gasteiger partial charge in [0.05, 0.1) is 13.2 Å². The third-order valence-corrected chi connectivity index (χ3v) is 3.05. The van der Waals surface area contributed by atoms with E-state index in [0.29, 0.717) is 12.1 Å². The normalized spacial score (nSPS) is 22.2. The molecule has 0 saturated carbocycles. The Hall–Kier alpha value is -0.160. The van der Waals surface area contributed by atoms with Crippen LogP contribution in [0.25, 0.3) is 0 Å². The first-order valence-electron chi connectivity index (χ1n) is 6.87. The molecule has 1 saturated heterocycles. The van der Waals surface area contributed by atoms with Crippen LogP contribution in [0.1, 0.15) is 27.2 Å². The molecule has 0 bridgehead atoms. The zero-order valence-corrected chi connectivity index (χ0v) is 11.6. The largest absolute Gasteiger partial charge is 0.382 e. The maximum Gasteiger partial charge on any atom is 0.0634 e.